The molecule has 0 aliphatic rings. The van der Waals surface area contributed by atoms with Gasteiger partial charge < -0.3 is 10.5 Å². The summed E-state index contributed by atoms with van der Waals surface area (Å²) in [6.07, 6.45) is 1.67. The van der Waals surface area contributed by atoms with Crippen molar-refractivity contribution in [3.63, 3.8) is 0 Å². The quantitative estimate of drug-likeness (QED) is 0.769. The Morgan fingerprint density at radius 2 is 1.78 bits per heavy atom. The maximum absolute atomic E-state index is 5.77. The summed E-state index contributed by atoms with van der Waals surface area (Å²) in [5.74, 6) is 1.25. The second-order valence-electron chi connectivity index (χ2n) is 3.58. The lowest BCUT2D eigenvalue weighted by Crippen LogP contribution is -1.99. The zero-order chi connectivity index (χ0) is 13.1. The van der Waals surface area contributed by atoms with Gasteiger partial charge in [-0.15, -0.1) is 0 Å². The number of rotatable bonds is 3. The molecule has 1 aromatic heterocycles. The molecule has 2 aromatic rings. The number of anilines is 1. The van der Waals surface area contributed by atoms with E-state index < -0.39 is 0 Å². The molecule has 0 radical (unpaired) electrons. The van der Waals surface area contributed by atoms with Gasteiger partial charge in [-0.3, -0.25) is 0 Å². The largest absolute Gasteiger partial charge is 0.487 e. The molecule has 0 fully saturated rings. The third-order valence-electron chi connectivity index (χ3n) is 2.19. The van der Waals surface area contributed by atoms with Gasteiger partial charge in [0.1, 0.15) is 18.2 Å². The number of hydrogen-bond acceptors (Lipinski definition) is 3. The maximum Gasteiger partial charge on any atom is 0.148 e. The zero-order valence-electron chi connectivity index (χ0n) is 9.16. The number of nitrogen functional groups attached to an aromatic ring is 1. The molecule has 0 aliphatic carbocycles. The van der Waals surface area contributed by atoms with Crippen LogP contribution in [-0.4, -0.2) is 4.98 Å². The van der Waals surface area contributed by atoms with Crippen LogP contribution in [0.25, 0.3) is 0 Å². The van der Waals surface area contributed by atoms with Gasteiger partial charge in [0.05, 0.1) is 8.95 Å². The Labute approximate surface area is 130 Å². The normalized spacial score (nSPS) is 10.4. The summed E-state index contributed by atoms with van der Waals surface area (Å²) < 4.78 is 8.50. The molecule has 18 heavy (non-hydrogen) atoms. The Morgan fingerprint density at radius 1 is 1.11 bits per heavy atom. The number of ether oxygens (including phenoxy) is 1. The summed E-state index contributed by atoms with van der Waals surface area (Å²) in [6.45, 7) is 0.436. The highest BCUT2D eigenvalue weighted by molar-refractivity contribution is 9.11. The number of nitrogens with two attached hydrogens (primary N) is 1. The van der Waals surface area contributed by atoms with Gasteiger partial charge in [0.25, 0.3) is 0 Å². The molecule has 0 unspecified atom stereocenters. The molecule has 2 N–H and O–H groups in total. The van der Waals surface area contributed by atoms with E-state index in [-0.39, 0.29) is 0 Å². The summed E-state index contributed by atoms with van der Waals surface area (Å²) in [7, 11) is 0. The van der Waals surface area contributed by atoms with Crippen LogP contribution >= 0.6 is 47.8 Å². The summed E-state index contributed by atoms with van der Waals surface area (Å²) in [4.78, 5) is 3.94. The summed E-state index contributed by atoms with van der Waals surface area (Å²) in [5, 5.41) is 0. The molecule has 6 heteroatoms. The highest BCUT2D eigenvalue weighted by Crippen LogP contribution is 2.36. The van der Waals surface area contributed by atoms with Crippen LogP contribution in [0.15, 0.2) is 43.9 Å². The van der Waals surface area contributed by atoms with E-state index in [2.05, 4.69) is 52.8 Å². The molecule has 0 saturated carbocycles. The van der Waals surface area contributed by atoms with Gasteiger partial charge in [-0.2, -0.15) is 0 Å². The van der Waals surface area contributed by atoms with Crippen molar-refractivity contribution in [1.29, 1.82) is 0 Å². The van der Waals surface area contributed by atoms with Gasteiger partial charge >= 0.3 is 0 Å². The minimum atomic E-state index is 0.436. The van der Waals surface area contributed by atoms with Gasteiger partial charge in [0.15, 0.2) is 0 Å². The number of pyridine rings is 1. The van der Waals surface area contributed by atoms with E-state index in [9.17, 15) is 0 Å². The second kappa shape index (κ2) is 6.04. The van der Waals surface area contributed by atoms with Crippen LogP contribution in [0.4, 0.5) is 5.82 Å². The van der Waals surface area contributed by atoms with Crippen molar-refractivity contribution < 1.29 is 4.74 Å². The van der Waals surface area contributed by atoms with E-state index in [1.807, 2.05) is 18.2 Å². The van der Waals surface area contributed by atoms with E-state index >= 15 is 0 Å². The van der Waals surface area contributed by atoms with Gasteiger partial charge in [0, 0.05) is 10.7 Å². The number of hydrogen-bond donors (Lipinski definition) is 1. The molecule has 0 spiro atoms. The first kappa shape index (κ1) is 13.8. The minimum Gasteiger partial charge on any atom is -0.487 e. The lowest BCUT2D eigenvalue weighted by atomic mass is 10.3. The topological polar surface area (TPSA) is 48.1 Å². The molecule has 2 rings (SSSR count). The SMILES string of the molecule is Nc1cc(COc2c(Br)cc(Br)cc2Br)ccn1. The summed E-state index contributed by atoms with van der Waals surface area (Å²) >= 11 is 10.3. The third kappa shape index (κ3) is 3.46. The molecular weight excluding hydrogens is 428 g/mol. The van der Waals surface area contributed by atoms with Crippen LogP contribution in [0.5, 0.6) is 5.75 Å². The summed E-state index contributed by atoms with van der Waals surface area (Å²) in [6, 6.07) is 7.53. The Morgan fingerprint density at radius 3 is 2.39 bits per heavy atom. The highest BCUT2D eigenvalue weighted by Gasteiger charge is 2.08. The number of benzene rings is 1. The van der Waals surface area contributed by atoms with E-state index in [0.717, 1.165) is 24.7 Å². The molecule has 0 amide bonds. The molecule has 94 valence electrons. The molecular formula is C12H9Br3N2O. The number of halogens is 3. The molecule has 3 nitrogen and oxygen atoms in total. The van der Waals surface area contributed by atoms with Crippen LogP contribution in [-0.2, 0) is 6.61 Å². The lowest BCUT2D eigenvalue weighted by molar-refractivity contribution is 0.302. The zero-order valence-corrected chi connectivity index (χ0v) is 13.9. The smallest absolute Gasteiger partial charge is 0.148 e. The van der Waals surface area contributed by atoms with Crippen LogP contribution in [0.3, 0.4) is 0 Å². The fraction of sp³-hybridized carbons (Fsp3) is 0.0833. The van der Waals surface area contributed by atoms with Crippen molar-refractivity contribution in [2.45, 2.75) is 6.61 Å². The second-order valence-corrected chi connectivity index (χ2v) is 6.20. The fourth-order valence-corrected chi connectivity index (χ4v) is 3.89. The Hall–Kier alpha value is -0.590. The Balaban J connectivity index is 2.16. The first-order chi connectivity index (χ1) is 8.56. The van der Waals surface area contributed by atoms with Crippen LogP contribution in [0.2, 0.25) is 0 Å². The van der Waals surface area contributed by atoms with Gasteiger partial charge in [-0.05, 0) is 61.7 Å². The predicted molar refractivity (Wildman–Crippen MR) is 82.5 cm³/mol. The molecule has 1 heterocycles. The molecule has 0 bridgehead atoms. The highest BCUT2D eigenvalue weighted by atomic mass is 79.9. The van der Waals surface area contributed by atoms with E-state index in [1.54, 1.807) is 12.3 Å². The maximum atomic E-state index is 5.77. The van der Waals surface area contributed by atoms with Crippen molar-refractivity contribution in [3.05, 3.63) is 49.4 Å². The van der Waals surface area contributed by atoms with Gasteiger partial charge in [0.2, 0.25) is 0 Å². The molecule has 0 saturated heterocycles. The predicted octanol–water partition coefficient (Wildman–Crippen LogP) is 4.53. The van der Waals surface area contributed by atoms with Crippen molar-refractivity contribution in [3.8, 4) is 5.75 Å². The number of nitrogens with zero attached hydrogens (tertiary/aromatic N) is 1. The average Bonchev–Trinajstić information content (AvgIpc) is 2.27. The number of aromatic nitrogens is 1. The minimum absolute atomic E-state index is 0.436. The van der Waals surface area contributed by atoms with Gasteiger partial charge in [-0.25, -0.2) is 4.98 Å². The average molecular weight is 437 g/mol. The molecule has 0 aliphatic heterocycles. The van der Waals surface area contributed by atoms with Crippen LogP contribution in [0, 0.1) is 0 Å². The summed E-state index contributed by atoms with van der Waals surface area (Å²) in [5.41, 5.74) is 6.59. The van der Waals surface area contributed by atoms with Crippen molar-refractivity contribution >= 4 is 53.6 Å². The molecule has 1 aromatic carbocycles. The standard InChI is InChI=1S/C12H9Br3N2O/c13-8-4-9(14)12(10(15)5-8)18-6-7-1-2-17-11(16)3-7/h1-5H,6H2,(H2,16,17). The van der Waals surface area contributed by atoms with E-state index in [4.69, 9.17) is 10.5 Å². The monoisotopic (exact) mass is 434 g/mol. The molecule has 0 atom stereocenters. The van der Waals surface area contributed by atoms with E-state index in [0.29, 0.717) is 12.4 Å². The third-order valence-corrected chi connectivity index (χ3v) is 3.83. The van der Waals surface area contributed by atoms with Crippen LogP contribution < -0.4 is 10.5 Å². The van der Waals surface area contributed by atoms with Crippen LogP contribution in [0.1, 0.15) is 5.56 Å². The van der Waals surface area contributed by atoms with Crippen molar-refractivity contribution in [2.24, 2.45) is 0 Å². The van der Waals surface area contributed by atoms with Gasteiger partial charge in [-0.1, -0.05) is 15.9 Å². The van der Waals surface area contributed by atoms with Crippen molar-refractivity contribution in [1.82, 2.24) is 4.98 Å². The first-order valence-corrected chi connectivity index (χ1v) is 7.42. The fourth-order valence-electron chi connectivity index (χ4n) is 1.41. The Kier molecular flexibility index (Phi) is 4.64. The first-order valence-electron chi connectivity index (χ1n) is 5.04. The Bertz CT molecular complexity index is 552. The van der Waals surface area contributed by atoms with Crippen molar-refractivity contribution in [2.75, 3.05) is 5.73 Å². The van der Waals surface area contributed by atoms with E-state index in [1.165, 1.54) is 0 Å². The lowest BCUT2D eigenvalue weighted by Gasteiger charge is -2.11.